The molecule has 0 spiro atoms. The second kappa shape index (κ2) is 8.07. The number of nitrogens with one attached hydrogen (secondary N) is 1. The molecular formula is C20H23N7. The van der Waals surface area contributed by atoms with E-state index in [0.29, 0.717) is 11.9 Å². The first-order valence-electron chi connectivity index (χ1n) is 9.31. The standard InChI is InChI=1S/C20H23N7/c1-15-6-2-3-8-17(15)18-13-24-26-19(25-18)23-12-16-7-4-11-27(14-16)20-21-9-5-10-22-20/h2-3,5-6,8-10,13,16H,4,7,11-12,14H2,1H3,(H,23,25,26)/t16-/m1/s1. The number of rotatable bonds is 5. The molecule has 1 N–H and O–H groups in total. The molecule has 27 heavy (non-hydrogen) atoms. The summed E-state index contributed by atoms with van der Waals surface area (Å²) in [6.07, 6.45) is 7.60. The molecule has 1 atom stereocenters. The Morgan fingerprint density at radius 2 is 2.00 bits per heavy atom. The summed E-state index contributed by atoms with van der Waals surface area (Å²) in [5, 5.41) is 11.6. The molecule has 7 nitrogen and oxygen atoms in total. The van der Waals surface area contributed by atoms with Crippen molar-refractivity contribution in [2.45, 2.75) is 19.8 Å². The van der Waals surface area contributed by atoms with Gasteiger partial charge in [0.2, 0.25) is 11.9 Å². The van der Waals surface area contributed by atoms with Gasteiger partial charge < -0.3 is 10.2 Å². The zero-order valence-electron chi connectivity index (χ0n) is 15.4. The fourth-order valence-corrected chi connectivity index (χ4v) is 3.47. The minimum Gasteiger partial charge on any atom is -0.353 e. The summed E-state index contributed by atoms with van der Waals surface area (Å²) in [6, 6.07) is 10.0. The van der Waals surface area contributed by atoms with Crippen molar-refractivity contribution in [1.82, 2.24) is 25.1 Å². The van der Waals surface area contributed by atoms with Crippen molar-refractivity contribution in [1.29, 1.82) is 0 Å². The monoisotopic (exact) mass is 361 g/mol. The molecule has 2 aromatic heterocycles. The van der Waals surface area contributed by atoms with E-state index < -0.39 is 0 Å². The zero-order valence-corrected chi connectivity index (χ0v) is 15.4. The van der Waals surface area contributed by atoms with Crippen molar-refractivity contribution in [2.24, 2.45) is 5.92 Å². The van der Waals surface area contributed by atoms with Crippen LogP contribution >= 0.6 is 0 Å². The van der Waals surface area contributed by atoms with E-state index in [-0.39, 0.29) is 0 Å². The maximum Gasteiger partial charge on any atom is 0.243 e. The second-order valence-corrected chi connectivity index (χ2v) is 6.86. The fourth-order valence-electron chi connectivity index (χ4n) is 3.47. The van der Waals surface area contributed by atoms with E-state index in [4.69, 9.17) is 0 Å². The van der Waals surface area contributed by atoms with Crippen LogP contribution in [0.2, 0.25) is 0 Å². The van der Waals surface area contributed by atoms with Gasteiger partial charge in [0, 0.05) is 37.6 Å². The Bertz CT molecular complexity index is 884. The van der Waals surface area contributed by atoms with Gasteiger partial charge in [-0.2, -0.15) is 5.10 Å². The van der Waals surface area contributed by atoms with Crippen LogP contribution in [-0.2, 0) is 0 Å². The third-order valence-electron chi connectivity index (χ3n) is 4.88. The van der Waals surface area contributed by atoms with Gasteiger partial charge in [-0.05, 0) is 37.3 Å². The van der Waals surface area contributed by atoms with Gasteiger partial charge in [0.25, 0.3) is 0 Å². The van der Waals surface area contributed by atoms with Gasteiger partial charge in [-0.15, -0.1) is 5.10 Å². The van der Waals surface area contributed by atoms with Crippen LogP contribution in [0.3, 0.4) is 0 Å². The minimum atomic E-state index is 0.494. The molecule has 0 saturated carbocycles. The highest BCUT2D eigenvalue weighted by Gasteiger charge is 2.21. The number of aromatic nitrogens is 5. The first kappa shape index (κ1) is 17.3. The van der Waals surface area contributed by atoms with Crippen LogP contribution in [0, 0.1) is 12.8 Å². The molecule has 1 aliphatic rings. The number of aryl methyl sites for hydroxylation is 1. The van der Waals surface area contributed by atoms with Crippen LogP contribution in [0.4, 0.5) is 11.9 Å². The largest absolute Gasteiger partial charge is 0.353 e. The molecule has 0 amide bonds. The maximum absolute atomic E-state index is 4.64. The van der Waals surface area contributed by atoms with Gasteiger partial charge >= 0.3 is 0 Å². The van der Waals surface area contributed by atoms with E-state index in [1.54, 1.807) is 18.6 Å². The van der Waals surface area contributed by atoms with Crippen molar-refractivity contribution in [2.75, 3.05) is 29.9 Å². The third-order valence-corrected chi connectivity index (χ3v) is 4.88. The second-order valence-electron chi connectivity index (χ2n) is 6.86. The quantitative estimate of drug-likeness (QED) is 0.748. The molecule has 1 saturated heterocycles. The lowest BCUT2D eigenvalue weighted by atomic mass is 9.98. The Kier molecular flexibility index (Phi) is 5.18. The summed E-state index contributed by atoms with van der Waals surface area (Å²) in [6.45, 7) is 4.82. The van der Waals surface area contributed by atoms with Crippen LogP contribution in [-0.4, -0.2) is 44.8 Å². The van der Waals surface area contributed by atoms with Gasteiger partial charge in [0.15, 0.2) is 0 Å². The Morgan fingerprint density at radius 1 is 1.15 bits per heavy atom. The van der Waals surface area contributed by atoms with Crippen molar-refractivity contribution < 1.29 is 0 Å². The highest BCUT2D eigenvalue weighted by atomic mass is 15.3. The van der Waals surface area contributed by atoms with E-state index in [2.05, 4.69) is 54.4 Å². The van der Waals surface area contributed by atoms with Crippen LogP contribution in [0.5, 0.6) is 0 Å². The van der Waals surface area contributed by atoms with Gasteiger partial charge in [0.05, 0.1) is 11.9 Å². The van der Waals surface area contributed by atoms with E-state index in [1.165, 1.54) is 12.0 Å². The summed E-state index contributed by atoms with van der Waals surface area (Å²) in [5.74, 6) is 1.87. The lowest BCUT2D eigenvalue weighted by Crippen LogP contribution is -2.39. The van der Waals surface area contributed by atoms with Gasteiger partial charge in [-0.25, -0.2) is 15.0 Å². The molecule has 7 heteroatoms. The van der Waals surface area contributed by atoms with Crippen LogP contribution in [0.25, 0.3) is 11.3 Å². The van der Waals surface area contributed by atoms with Crippen LogP contribution in [0.1, 0.15) is 18.4 Å². The number of nitrogens with zero attached hydrogens (tertiary/aromatic N) is 6. The lowest BCUT2D eigenvalue weighted by molar-refractivity contribution is 0.427. The molecule has 1 aromatic carbocycles. The number of piperidine rings is 1. The molecule has 3 heterocycles. The average Bonchev–Trinajstić information content (AvgIpc) is 2.74. The Morgan fingerprint density at radius 3 is 2.85 bits per heavy atom. The summed E-state index contributed by atoms with van der Waals surface area (Å²) in [4.78, 5) is 15.6. The number of hydrogen-bond donors (Lipinski definition) is 1. The molecular weight excluding hydrogens is 338 g/mol. The van der Waals surface area contributed by atoms with Gasteiger partial charge in [-0.1, -0.05) is 24.3 Å². The number of benzene rings is 1. The smallest absolute Gasteiger partial charge is 0.243 e. The third kappa shape index (κ3) is 4.19. The number of anilines is 2. The molecule has 3 aromatic rings. The predicted molar refractivity (Wildman–Crippen MR) is 105 cm³/mol. The predicted octanol–water partition coefficient (Wildman–Crippen LogP) is 2.97. The molecule has 138 valence electrons. The first-order valence-corrected chi connectivity index (χ1v) is 9.31. The summed E-state index contributed by atoms with van der Waals surface area (Å²) in [7, 11) is 0. The average molecular weight is 361 g/mol. The lowest BCUT2D eigenvalue weighted by Gasteiger charge is -2.32. The highest BCUT2D eigenvalue weighted by molar-refractivity contribution is 5.63. The minimum absolute atomic E-state index is 0.494. The maximum atomic E-state index is 4.64. The normalized spacial score (nSPS) is 16.9. The fraction of sp³-hybridized carbons (Fsp3) is 0.350. The Labute approximate surface area is 158 Å². The van der Waals surface area contributed by atoms with E-state index in [9.17, 15) is 0 Å². The highest BCUT2D eigenvalue weighted by Crippen LogP contribution is 2.22. The topological polar surface area (TPSA) is 79.7 Å². The van der Waals surface area contributed by atoms with Crippen molar-refractivity contribution in [3.8, 4) is 11.3 Å². The van der Waals surface area contributed by atoms with Gasteiger partial charge in [-0.3, -0.25) is 0 Å². The van der Waals surface area contributed by atoms with Crippen LogP contribution in [0.15, 0.2) is 48.9 Å². The SMILES string of the molecule is Cc1ccccc1-c1cnnc(NC[C@H]2CCCN(c3ncccn3)C2)n1. The van der Waals surface area contributed by atoms with Crippen molar-refractivity contribution in [3.05, 3.63) is 54.5 Å². The summed E-state index contributed by atoms with van der Waals surface area (Å²) in [5.41, 5.74) is 3.10. The Balaban J connectivity index is 1.40. The van der Waals surface area contributed by atoms with E-state index in [1.807, 2.05) is 18.2 Å². The van der Waals surface area contributed by atoms with E-state index in [0.717, 1.165) is 43.3 Å². The number of hydrogen-bond acceptors (Lipinski definition) is 7. The van der Waals surface area contributed by atoms with Crippen LogP contribution < -0.4 is 10.2 Å². The molecule has 0 radical (unpaired) electrons. The molecule has 1 aliphatic heterocycles. The molecule has 4 rings (SSSR count). The summed E-state index contributed by atoms with van der Waals surface area (Å²) < 4.78 is 0. The Hall–Kier alpha value is -3.09. The van der Waals surface area contributed by atoms with E-state index >= 15 is 0 Å². The molecule has 0 unspecified atom stereocenters. The first-order chi connectivity index (χ1) is 13.3. The molecule has 1 fully saturated rings. The van der Waals surface area contributed by atoms with Crippen molar-refractivity contribution in [3.63, 3.8) is 0 Å². The zero-order chi connectivity index (χ0) is 18.5. The van der Waals surface area contributed by atoms with Crippen molar-refractivity contribution >= 4 is 11.9 Å². The van der Waals surface area contributed by atoms with Gasteiger partial charge in [0.1, 0.15) is 0 Å². The summed E-state index contributed by atoms with van der Waals surface area (Å²) >= 11 is 0. The molecule has 0 bridgehead atoms. The molecule has 0 aliphatic carbocycles.